The van der Waals surface area contributed by atoms with E-state index in [1.54, 1.807) is 0 Å². The molecule has 0 aliphatic heterocycles. The van der Waals surface area contributed by atoms with Crippen LogP contribution in [0, 0.1) is 5.92 Å². The Morgan fingerprint density at radius 3 is 2.48 bits per heavy atom. The zero-order valence-corrected chi connectivity index (χ0v) is 12.6. The van der Waals surface area contributed by atoms with Gasteiger partial charge in [-0.15, -0.1) is 0 Å². The maximum absolute atomic E-state index is 12.2. The minimum atomic E-state index is -0.254. The summed E-state index contributed by atoms with van der Waals surface area (Å²) in [5.74, 6) is 0.535. The van der Waals surface area contributed by atoms with Crippen molar-refractivity contribution in [3.63, 3.8) is 0 Å². The fraction of sp³-hybridized carbons (Fsp3) is 0.588. The van der Waals surface area contributed by atoms with Crippen molar-refractivity contribution >= 4 is 5.91 Å². The van der Waals surface area contributed by atoms with E-state index >= 15 is 0 Å². The molecule has 0 bridgehead atoms. The van der Waals surface area contributed by atoms with E-state index < -0.39 is 0 Å². The molecule has 4 nitrogen and oxygen atoms in total. The summed E-state index contributed by atoms with van der Waals surface area (Å²) in [4.78, 5) is 12.2. The number of nitrogens with two attached hydrogens (primary N) is 2. The van der Waals surface area contributed by atoms with Gasteiger partial charge in [-0.25, -0.2) is 0 Å². The van der Waals surface area contributed by atoms with Crippen molar-refractivity contribution in [2.24, 2.45) is 17.4 Å². The third kappa shape index (κ3) is 4.83. The lowest BCUT2D eigenvalue weighted by Gasteiger charge is -2.30. The van der Waals surface area contributed by atoms with E-state index in [0.717, 1.165) is 5.56 Å². The van der Waals surface area contributed by atoms with Gasteiger partial charge in [-0.3, -0.25) is 4.79 Å². The summed E-state index contributed by atoms with van der Waals surface area (Å²) in [6, 6.07) is 9.59. The highest BCUT2D eigenvalue weighted by Crippen LogP contribution is 2.26. The molecule has 1 aliphatic carbocycles. The van der Waals surface area contributed by atoms with Crippen LogP contribution in [-0.2, 0) is 4.79 Å². The molecular formula is C17H27N3O. The summed E-state index contributed by atoms with van der Waals surface area (Å²) in [5, 5.41) is 3.09. The van der Waals surface area contributed by atoms with E-state index in [2.05, 4.69) is 5.32 Å². The Hall–Kier alpha value is -1.39. The lowest BCUT2D eigenvalue weighted by atomic mass is 9.84. The molecule has 1 aromatic carbocycles. The van der Waals surface area contributed by atoms with Gasteiger partial charge < -0.3 is 16.8 Å². The second-order valence-electron chi connectivity index (χ2n) is 6.03. The zero-order valence-electron chi connectivity index (χ0n) is 12.6. The van der Waals surface area contributed by atoms with Gasteiger partial charge in [0.15, 0.2) is 0 Å². The number of rotatable bonds is 6. The Kier molecular flexibility index (Phi) is 6.21. The smallest absolute Gasteiger partial charge is 0.222 e. The second-order valence-corrected chi connectivity index (χ2v) is 6.03. The van der Waals surface area contributed by atoms with Gasteiger partial charge >= 0.3 is 0 Å². The average molecular weight is 289 g/mol. The summed E-state index contributed by atoms with van der Waals surface area (Å²) in [5.41, 5.74) is 12.9. The third-order valence-electron chi connectivity index (χ3n) is 4.45. The zero-order chi connectivity index (χ0) is 15.1. The van der Waals surface area contributed by atoms with Crippen molar-refractivity contribution in [1.29, 1.82) is 0 Å². The van der Waals surface area contributed by atoms with Crippen molar-refractivity contribution < 1.29 is 4.79 Å². The number of carbonyl (C=O) groups is 1. The molecule has 0 aromatic heterocycles. The summed E-state index contributed by atoms with van der Waals surface area (Å²) in [7, 11) is 0. The van der Waals surface area contributed by atoms with Gasteiger partial charge in [-0.2, -0.15) is 0 Å². The van der Waals surface area contributed by atoms with E-state index in [1.807, 2.05) is 30.3 Å². The lowest BCUT2D eigenvalue weighted by Crippen LogP contribution is -2.46. The summed E-state index contributed by atoms with van der Waals surface area (Å²) in [6.07, 6.45) is 6.47. The summed E-state index contributed by atoms with van der Waals surface area (Å²) in [6.45, 7) is 0.511. The molecule has 1 saturated carbocycles. The minimum absolute atomic E-state index is 0.00683. The van der Waals surface area contributed by atoms with Gasteiger partial charge in [0.25, 0.3) is 0 Å². The average Bonchev–Trinajstić information content (AvgIpc) is 2.54. The molecule has 1 aromatic rings. The van der Waals surface area contributed by atoms with Crippen molar-refractivity contribution in [2.75, 3.05) is 6.54 Å². The Labute approximate surface area is 127 Å². The van der Waals surface area contributed by atoms with Crippen LogP contribution in [0.5, 0.6) is 0 Å². The Morgan fingerprint density at radius 1 is 1.19 bits per heavy atom. The van der Waals surface area contributed by atoms with Gasteiger partial charge in [-0.05, 0) is 24.3 Å². The van der Waals surface area contributed by atoms with E-state index in [0.29, 0.717) is 18.9 Å². The Balaban J connectivity index is 1.84. The quantitative estimate of drug-likeness (QED) is 0.750. The molecule has 0 heterocycles. The first kappa shape index (κ1) is 16.0. The predicted octanol–water partition coefficient (Wildman–Crippen LogP) is 2.10. The van der Waals surface area contributed by atoms with Crippen LogP contribution in [0.1, 0.15) is 50.1 Å². The predicted molar refractivity (Wildman–Crippen MR) is 85.5 cm³/mol. The van der Waals surface area contributed by atoms with Crippen LogP contribution in [0.4, 0.5) is 0 Å². The fourth-order valence-electron chi connectivity index (χ4n) is 3.19. The van der Waals surface area contributed by atoms with E-state index in [1.165, 1.54) is 32.1 Å². The number of nitrogens with one attached hydrogen (secondary N) is 1. The molecule has 2 atom stereocenters. The van der Waals surface area contributed by atoms with Crippen molar-refractivity contribution in [3.8, 4) is 0 Å². The molecule has 0 radical (unpaired) electrons. The maximum Gasteiger partial charge on any atom is 0.222 e. The monoisotopic (exact) mass is 289 g/mol. The van der Waals surface area contributed by atoms with Gasteiger partial charge in [0.1, 0.15) is 0 Å². The maximum atomic E-state index is 12.2. The van der Waals surface area contributed by atoms with Gasteiger partial charge in [0, 0.05) is 25.0 Å². The van der Waals surface area contributed by atoms with Crippen LogP contribution in [0.15, 0.2) is 30.3 Å². The van der Waals surface area contributed by atoms with E-state index in [4.69, 9.17) is 11.5 Å². The van der Waals surface area contributed by atoms with Gasteiger partial charge in [-0.1, -0.05) is 49.6 Å². The van der Waals surface area contributed by atoms with Crippen molar-refractivity contribution in [2.45, 2.75) is 50.6 Å². The molecule has 0 saturated heterocycles. The molecule has 0 spiro atoms. The van der Waals surface area contributed by atoms with E-state index in [-0.39, 0.29) is 18.0 Å². The largest absolute Gasteiger partial charge is 0.352 e. The summed E-state index contributed by atoms with van der Waals surface area (Å²) < 4.78 is 0. The molecule has 1 fully saturated rings. The fourth-order valence-corrected chi connectivity index (χ4v) is 3.19. The third-order valence-corrected chi connectivity index (χ3v) is 4.45. The molecule has 2 rings (SSSR count). The SMILES string of the molecule is NCC(NC(=O)CC(N)c1ccccc1)C1CCCCC1. The molecule has 1 aliphatic rings. The van der Waals surface area contributed by atoms with Crippen LogP contribution < -0.4 is 16.8 Å². The molecule has 2 unspecified atom stereocenters. The van der Waals surface area contributed by atoms with Crippen LogP contribution in [0.2, 0.25) is 0 Å². The molecule has 116 valence electrons. The highest BCUT2D eigenvalue weighted by Gasteiger charge is 2.24. The molecule has 4 heteroatoms. The lowest BCUT2D eigenvalue weighted by molar-refractivity contribution is -0.122. The van der Waals surface area contributed by atoms with Crippen molar-refractivity contribution in [3.05, 3.63) is 35.9 Å². The standard InChI is InChI=1S/C17H27N3O/c18-12-16(14-9-5-2-6-10-14)20-17(21)11-15(19)13-7-3-1-4-8-13/h1,3-4,7-8,14-16H,2,5-6,9-12,18-19H2,(H,20,21). The Morgan fingerprint density at radius 2 is 1.86 bits per heavy atom. The van der Waals surface area contributed by atoms with Gasteiger partial charge in [0.05, 0.1) is 0 Å². The van der Waals surface area contributed by atoms with Crippen molar-refractivity contribution in [1.82, 2.24) is 5.32 Å². The molecule has 1 amide bonds. The van der Waals surface area contributed by atoms with Crippen LogP contribution in [0.3, 0.4) is 0 Å². The number of carbonyl (C=O) groups excluding carboxylic acids is 1. The first-order chi connectivity index (χ1) is 10.2. The first-order valence-electron chi connectivity index (χ1n) is 8.00. The highest BCUT2D eigenvalue weighted by atomic mass is 16.1. The summed E-state index contributed by atoms with van der Waals surface area (Å²) >= 11 is 0. The van der Waals surface area contributed by atoms with Crippen LogP contribution in [0.25, 0.3) is 0 Å². The van der Waals surface area contributed by atoms with E-state index in [9.17, 15) is 4.79 Å². The molecule has 5 N–H and O–H groups in total. The first-order valence-corrected chi connectivity index (χ1v) is 8.00. The van der Waals surface area contributed by atoms with Crippen LogP contribution >= 0.6 is 0 Å². The normalized spacial score (nSPS) is 19.0. The Bertz CT molecular complexity index is 429. The van der Waals surface area contributed by atoms with Crippen LogP contribution in [-0.4, -0.2) is 18.5 Å². The van der Waals surface area contributed by atoms with Gasteiger partial charge in [0.2, 0.25) is 5.91 Å². The number of benzene rings is 1. The molecular weight excluding hydrogens is 262 g/mol. The highest BCUT2D eigenvalue weighted by molar-refractivity contribution is 5.77. The topological polar surface area (TPSA) is 81.1 Å². The number of hydrogen-bond acceptors (Lipinski definition) is 3. The minimum Gasteiger partial charge on any atom is -0.352 e. The second kappa shape index (κ2) is 8.15. The number of amides is 1. The number of hydrogen-bond donors (Lipinski definition) is 3. The molecule has 21 heavy (non-hydrogen) atoms.